The number of alkyl carbamates (subject to hydrolysis) is 1. The van der Waals surface area contributed by atoms with Crippen LogP contribution in [0.4, 0.5) is 4.79 Å². The Bertz CT molecular complexity index is 416. The van der Waals surface area contributed by atoms with Gasteiger partial charge in [-0.3, -0.25) is 4.79 Å². The van der Waals surface area contributed by atoms with Crippen LogP contribution in [0.1, 0.15) is 18.4 Å². The average molecular weight is 267 g/mol. The standard InChI is InChI=1S/C13H17NO5/c1-18-11-6-4-10(5-7-11)9-19-13(17)14-8-2-3-12(15)16/h4-7H,2-3,8-9H2,1H3,(H,14,17)(H,15,16). The van der Waals surface area contributed by atoms with Crippen LogP contribution in [0.25, 0.3) is 0 Å². The van der Waals surface area contributed by atoms with Crippen LogP contribution in [0.3, 0.4) is 0 Å². The summed E-state index contributed by atoms with van der Waals surface area (Å²) in [5.41, 5.74) is 0.849. The molecular weight excluding hydrogens is 250 g/mol. The second-order valence-corrected chi connectivity index (χ2v) is 3.85. The monoisotopic (exact) mass is 267 g/mol. The van der Waals surface area contributed by atoms with E-state index in [4.69, 9.17) is 14.6 Å². The number of nitrogens with one attached hydrogen (secondary N) is 1. The SMILES string of the molecule is COc1ccc(COC(=O)NCCCC(=O)O)cc1. The van der Waals surface area contributed by atoms with Crippen molar-refractivity contribution in [3.8, 4) is 5.75 Å². The normalized spacial score (nSPS) is 9.74. The third-order valence-corrected chi connectivity index (χ3v) is 2.37. The molecule has 0 aromatic heterocycles. The maximum absolute atomic E-state index is 11.3. The molecule has 6 nitrogen and oxygen atoms in total. The molecule has 0 saturated heterocycles. The van der Waals surface area contributed by atoms with Gasteiger partial charge < -0.3 is 19.9 Å². The Balaban J connectivity index is 2.20. The molecule has 1 aromatic rings. The maximum Gasteiger partial charge on any atom is 0.407 e. The highest BCUT2D eigenvalue weighted by molar-refractivity contribution is 5.68. The van der Waals surface area contributed by atoms with Crippen molar-refractivity contribution in [3.05, 3.63) is 29.8 Å². The van der Waals surface area contributed by atoms with Crippen molar-refractivity contribution in [2.75, 3.05) is 13.7 Å². The average Bonchev–Trinajstić information content (AvgIpc) is 2.41. The van der Waals surface area contributed by atoms with E-state index >= 15 is 0 Å². The highest BCUT2D eigenvalue weighted by Crippen LogP contribution is 2.11. The number of carbonyl (C=O) groups excluding carboxylic acids is 1. The van der Waals surface area contributed by atoms with Gasteiger partial charge in [-0.2, -0.15) is 0 Å². The van der Waals surface area contributed by atoms with Gasteiger partial charge >= 0.3 is 12.1 Å². The van der Waals surface area contributed by atoms with Crippen molar-refractivity contribution in [1.82, 2.24) is 5.32 Å². The van der Waals surface area contributed by atoms with Crippen LogP contribution < -0.4 is 10.1 Å². The zero-order chi connectivity index (χ0) is 14.1. The smallest absolute Gasteiger partial charge is 0.407 e. The Morgan fingerprint density at radius 2 is 1.95 bits per heavy atom. The summed E-state index contributed by atoms with van der Waals surface area (Å²) < 4.78 is 9.98. The minimum Gasteiger partial charge on any atom is -0.497 e. The third kappa shape index (κ3) is 6.30. The third-order valence-electron chi connectivity index (χ3n) is 2.37. The number of ether oxygens (including phenoxy) is 2. The van der Waals surface area contributed by atoms with Crippen LogP contribution in [0.5, 0.6) is 5.75 Å². The van der Waals surface area contributed by atoms with E-state index in [9.17, 15) is 9.59 Å². The number of hydrogen-bond donors (Lipinski definition) is 2. The fourth-order valence-corrected chi connectivity index (χ4v) is 1.35. The molecule has 0 fully saturated rings. The van der Waals surface area contributed by atoms with Gasteiger partial charge in [-0.25, -0.2) is 4.79 Å². The van der Waals surface area contributed by atoms with Crippen molar-refractivity contribution in [3.63, 3.8) is 0 Å². The van der Waals surface area contributed by atoms with Crippen molar-refractivity contribution in [2.24, 2.45) is 0 Å². The predicted molar refractivity (Wildman–Crippen MR) is 68.1 cm³/mol. The summed E-state index contributed by atoms with van der Waals surface area (Å²) in [6, 6.07) is 7.17. The van der Waals surface area contributed by atoms with E-state index in [2.05, 4.69) is 5.32 Å². The number of benzene rings is 1. The zero-order valence-electron chi connectivity index (χ0n) is 10.7. The summed E-state index contributed by atoms with van der Waals surface area (Å²) in [7, 11) is 1.58. The van der Waals surface area contributed by atoms with Gasteiger partial charge in [0.05, 0.1) is 7.11 Å². The molecule has 0 unspecified atom stereocenters. The molecule has 1 rings (SSSR count). The summed E-state index contributed by atoms with van der Waals surface area (Å²) >= 11 is 0. The first-order valence-electron chi connectivity index (χ1n) is 5.87. The second kappa shape index (κ2) is 7.97. The van der Waals surface area contributed by atoms with Gasteiger partial charge in [0.15, 0.2) is 0 Å². The molecule has 0 aliphatic heterocycles. The van der Waals surface area contributed by atoms with Crippen LogP contribution in [0.2, 0.25) is 0 Å². The van der Waals surface area contributed by atoms with Gasteiger partial charge in [0.25, 0.3) is 0 Å². The molecule has 104 valence electrons. The van der Waals surface area contributed by atoms with Crippen molar-refractivity contribution in [2.45, 2.75) is 19.4 Å². The van der Waals surface area contributed by atoms with Gasteiger partial charge in [0, 0.05) is 13.0 Å². The summed E-state index contributed by atoms with van der Waals surface area (Å²) in [4.78, 5) is 21.5. The van der Waals surface area contributed by atoms with Crippen molar-refractivity contribution in [1.29, 1.82) is 0 Å². The fourth-order valence-electron chi connectivity index (χ4n) is 1.35. The number of methoxy groups -OCH3 is 1. The van der Waals surface area contributed by atoms with E-state index in [0.29, 0.717) is 6.42 Å². The molecule has 0 spiro atoms. The maximum atomic E-state index is 11.3. The first-order chi connectivity index (χ1) is 9.11. The molecule has 0 bridgehead atoms. The Labute approximate surface area is 111 Å². The molecule has 1 amide bonds. The van der Waals surface area contributed by atoms with Crippen LogP contribution in [0, 0.1) is 0 Å². The molecule has 0 aliphatic rings. The Morgan fingerprint density at radius 3 is 2.53 bits per heavy atom. The van der Waals surface area contributed by atoms with Crippen LogP contribution in [-0.2, 0) is 16.1 Å². The molecule has 0 heterocycles. The largest absolute Gasteiger partial charge is 0.497 e. The topological polar surface area (TPSA) is 84.9 Å². The van der Waals surface area contributed by atoms with E-state index in [-0.39, 0.29) is 19.6 Å². The zero-order valence-corrected chi connectivity index (χ0v) is 10.7. The van der Waals surface area contributed by atoms with E-state index in [1.165, 1.54) is 0 Å². The lowest BCUT2D eigenvalue weighted by molar-refractivity contribution is -0.137. The number of rotatable bonds is 7. The van der Waals surface area contributed by atoms with E-state index in [1.54, 1.807) is 31.4 Å². The molecule has 0 radical (unpaired) electrons. The minimum atomic E-state index is -0.881. The number of hydrogen-bond acceptors (Lipinski definition) is 4. The molecule has 0 atom stereocenters. The van der Waals surface area contributed by atoms with Gasteiger partial charge in [-0.05, 0) is 24.1 Å². The Hall–Kier alpha value is -2.24. The van der Waals surface area contributed by atoms with Crippen LogP contribution >= 0.6 is 0 Å². The first-order valence-corrected chi connectivity index (χ1v) is 5.87. The highest BCUT2D eigenvalue weighted by atomic mass is 16.5. The van der Waals surface area contributed by atoms with Gasteiger partial charge in [-0.1, -0.05) is 12.1 Å². The number of amides is 1. The quantitative estimate of drug-likeness (QED) is 0.736. The fraction of sp³-hybridized carbons (Fsp3) is 0.385. The lowest BCUT2D eigenvalue weighted by Gasteiger charge is -2.07. The molecular formula is C13H17NO5. The van der Waals surface area contributed by atoms with E-state index in [0.717, 1.165) is 11.3 Å². The second-order valence-electron chi connectivity index (χ2n) is 3.85. The number of carboxylic acid groups (broad SMARTS) is 1. The van der Waals surface area contributed by atoms with Crippen LogP contribution in [0.15, 0.2) is 24.3 Å². The molecule has 6 heteroatoms. The number of carbonyl (C=O) groups is 2. The lowest BCUT2D eigenvalue weighted by atomic mass is 10.2. The summed E-state index contributed by atoms with van der Waals surface area (Å²) in [6.07, 6.45) is -0.146. The molecule has 0 aliphatic carbocycles. The Kier molecular flexibility index (Phi) is 6.21. The van der Waals surface area contributed by atoms with Crippen molar-refractivity contribution >= 4 is 12.1 Å². The Morgan fingerprint density at radius 1 is 1.26 bits per heavy atom. The van der Waals surface area contributed by atoms with E-state index < -0.39 is 12.1 Å². The van der Waals surface area contributed by atoms with Gasteiger partial charge in [-0.15, -0.1) is 0 Å². The van der Waals surface area contributed by atoms with Gasteiger partial charge in [0.1, 0.15) is 12.4 Å². The first kappa shape index (κ1) is 14.8. The minimum absolute atomic E-state index is 0.0265. The highest BCUT2D eigenvalue weighted by Gasteiger charge is 2.03. The number of aliphatic carboxylic acids is 1. The summed E-state index contributed by atoms with van der Waals surface area (Å²) in [6.45, 7) is 0.447. The molecule has 0 saturated carbocycles. The van der Waals surface area contributed by atoms with Crippen molar-refractivity contribution < 1.29 is 24.2 Å². The molecule has 1 aromatic carbocycles. The predicted octanol–water partition coefficient (Wildman–Crippen LogP) is 1.79. The lowest BCUT2D eigenvalue weighted by Crippen LogP contribution is -2.25. The molecule has 19 heavy (non-hydrogen) atoms. The van der Waals surface area contributed by atoms with E-state index in [1.807, 2.05) is 0 Å². The van der Waals surface area contributed by atoms with Crippen LogP contribution in [-0.4, -0.2) is 30.8 Å². The number of carboxylic acids is 1. The summed E-state index contributed by atoms with van der Waals surface area (Å²) in [5, 5.41) is 10.9. The summed E-state index contributed by atoms with van der Waals surface area (Å²) in [5.74, 6) is -0.143. The molecule has 2 N–H and O–H groups in total. The van der Waals surface area contributed by atoms with Gasteiger partial charge in [0.2, 0.25) is 0 Å².